The summed E-state index contributed by atoms with van der Waals surface area (Å²) in [6, 6.07) is 1.93. The number of carbonyl (C=O) groups excluding carboxylic acids is 1. The molecule has 0 aromatic carbocycles. The summed E-state index contributed by atoms with van der Waals surface area (Å²) in [5.74, 6) is 0.114. The average Bonchev–Trinajstić information content (AvgIpc) is 2.76. The Balaban J connectivity index is 2.01. The van der Waals surface area contributed by atoms with Gasteiger partial charge in [-0.15, -0.1) is 0 Å². The molecule has 92 valence electrons. The molecule has 1 aliphatic carbocycles. The maximum absolute atomic E-state index is 12.0. The number of hydrogen-bond acceptors (Lipinski definition) is 3. The van der Waals surface area contributed by atoms with E-state index < -0.39 is 0 Å². The molecule has 1 saturated carbocycles. The minimum Gasteiger partial charge on any atom is -0.396 e. The fourth-order valence-electron chi connectivity index (χ4n) is 2.38. The zero-order chi connectivity index (χ0) is 12.3. The van der Waals surface area contributed by atoms with Gasteiger partial charge < -0.3 is 10.4 Å². The van der Waals surface area contributed by atoms with Crippen LogP contribution in [0.2, 0.25) is 0 Å². The summed E-state index contributed by atoms with van der Waals surface area (Å²) in [5.41, 5.74) is 1.57. The third-order valence-electron chi connectivity index (χ3n) is 3.35. The van der Waals surface area contributed by atoms with Crippen LogP contribution in [0.4, 0.5) is 0 Å². The van der Waals surface area contributed by atoms with E-state index in [1.807, 2.05) is 13.0 Å². The number of amides is 1. The van der Waals surface area contributed by atoms with Crippen molar-refractivity contribution in [1.29, 1.82) is 0 Å². The topological polar surface area (TPSA) is 62.2 Å². The number of aromatic nitrogens is 1. The molecule has 0 spiro atoms. The van der Waals surface area contributed by atoms with E-state index in [9.17, 15) is 9.90 Å². The lowest BCUT2D eigenvalue weighted by Gasteiger charge is -2.18. The smallest absolute Gasteiger partial charge is 0.253 e. The molecule has 2 rings (SSSR count). The molecule has 1 fully saturated rings. The Morgan fingerprint density at radius 2 is 2.35 bits per heavy atom. The molecule has 1 heterocycles. The molecule has 1 aromatic heterocycles. The highest BCUT2D eigenvalue weighted by atomic mass is 16.3. The van der Waals surface area contributed by atoms with Crippen molar-refractivity contribution >= 4 is 5.91 Å². The number of aliphatic hydroxyl groups is 1. The van der Waals surface area contributed by atoms with E-state index in [-0.39, 0.29) is 24.5 Å². The number of nitrogens with zero attached hydrogens (tertiary/aromatic N) is 1. The lowest BCUT2D eigenvalue weighted by atomic mass is 10.0. The standard InChI is InChI=1S/C13H18N2O2/c1-9-5-11(7-14-6-9)13(17)15-12-4-2-3-10(12)8-16/h5-7,10,12,16H,2-4,8H2,1H3,(H,15,17). The lowest BCUT2D eigenvalue weighted by molar-refractivity contribution is 0.0915. The molecule has 2 unspecified atom stereocenters. The van der Waals surface area contributed by atoms with Gasteiger partial charge >= 0.3 is 0 Å². The number of rotatable bonds is 3. The predicted molar refractivity (Wildman–Crippen MR) is 64.7 cm³/mol. The first-order valence-electron chi connectivity index (χ1n) is 6.04. The van der Waals surface area contributed by atoms with Gasteiger partial charge in [0, 0.05) is 31.0 Å². The van der Waals surface area contributed by atoms with Crippen LogP contribution in [0.5, 0.6) is 0 Å². The monoisotopic (exact) mass is 234 g/mol. The van der Waals surface area contributed by atoms with Crippen LogP contribution in [-0.2, 0) is 0 Å². The van der Waals surface area contributed by atoms with E-state index in [2.05, 4.69) is 10.3 Å². The summed E-state index contributed by atoms with van der Waals surface area (Å²) in [6.07, 6.45) is 6.32. The Morgan fingerprint density at radius 1 is 1.53 bits per heavy atom. The maximum Gasteiger partial charge on any atom is 0.253 e. The summed E-state index contributed by atoms with van der Waals surface area (Å²) in [5, 5.41) is 12.2. The first kappa shape index (κ1) is 12.0. The molecule has 0 bridgehead atoms. The van der Waals surface area contributed by atoms with Gasteiger partial charge in [0.25, 0.3) is 5.91 Å². The van der Waals surface area contributed by atoms with E-state index in [0.29, 0.717) is 5.56 Å². The van der Waals surface area contributed by atoms with Crippen molar-refractivity contribution in [1.82, 2.24) is 10.3 Å². The number of pyridine rings is 1. The fraction of sp³-hybridized carbons (Fsp3) is 0.538. The number of aliphatic hydroxyl groups excluding tert-OH is 1. The highest BCUT2D eigenvalue weighted by Crippen LogP contribution is 2.25. The number of nitrogens with one attached hydrogen (secondary N) is 1. The van der Waals surface area contributed by atoms with Gasteiger partial charge in [-0.25, -0.2) is 0 Å². The van der Waals surface area contributed by atoms with Crippen molar-refractivity contribution in [2.24, 2.45) is 5.92 Å². The Labute approximate surface area is 101 Å². The zero-order valence-electron chi connectivity index (χ0n) is 10.0. The first-order valence-corrected chi connectivity index (χ1v) is 6.04. The minimum absolute atomic E-state index is 0.0912. The van der Waals surface area contributed by atoms with Crippen molar-refractivity contribution in [3.05, 3.63) is 29.6 Å². The van der Waals surface area contributed by atoms with E-state index in [1.165, 1.54) is 0 Å². The number of carbonyl (C=O) groups is 1. The van der Waals surface area contributed by atoms with Crippen LogP contribution in [-0.4, -0.2) is 28.6 Å². The van der Waals surface area contributed by atoms with Gasteiger partial charge in [0.05, 0.1) is 5.56 Å². The zero-order valence-corrected chi connectivity index (χ0v) is 10.0. The highest BCUT2D eigenvalue weighted by molar-refractivity contribution is 5.94. The largest absolute Gasteiger partial charge is 0.396 e. The molecule has 17 heavy (non-hydrogen) atoms. The van der Waals surface area contributed by atoms with Crippen molar-refractivity contribution in [3.63, 3.8) is 0 Å². The second kappa shape index (κ2) is 5.27. The van der Waals surface area contributed by atoms with Gasteiger partial charge in [-0.3, -0.25) is 9.78 Å². The Kier molecular flexibility index (Phi) is 3.74. The summed E-state index contributed by atoms with van der Waals surface area (Å²) >= 11 is 0. The molecular formula is C13H18N2O2. The van der Waals surface area contributed by atoms with Crippen LogP contribution < -0.4 is 5.32 Å². The number of hydrogen-bond donors (Lipinski definition) is 2. The van der Waals surface area contributed by atoms with Crippen molar-refractivity contribution in [3.8, 4) is 0 Å². The fourth-order valence-corrected chi connectivity index (χ4v) is 2.38. The van der Waals surface area contributed by atoms with Gasteiger partial charge in [0.15, 0.2) is 0 Å². The Hall–Kier alpha value is -1.42. The normalized spacial score (nSPS) is 23.6. The second-order valence-corrected chi connectivity index (χ2v) is 4.70. The van der Waals surface area contributed by atoms with Crippen LogP contribution in [0.3, 0.4) is 0 Å². The van der Waals surface area contributed by atoms with Gasteiger partial charge in [-0.2, -0.15) is 0 Å². The summed E-state index contributed by atoms with van der Waals surface area (Å²) in [7, 11) is 0. The van der Waals surface area contributed by atoms with Crippen LogP contribution in [0.15, 0.2) is 18.5 Å². The molecule has 2 N–H and O–H groups in total. The Morgan fingerprint density at radius 3 is 3.06 bits per heavy atom. The lowest BCUT2D eigenvalue weighted by Crippen LogP contribution is -2.38. The van der Waals surface area contributed by atoms with Gasteiger partial charge in [0.2, 0.25) is 0 Å². The van der Waals surface area contributed by atoms with E-state index in [4.69, 9.17) is 0 Å². The van der Waals surface area contributed by atoms with Crippen molar-refractivity contribution in [2.75, 3.05) is 6.61 Å². The third kappa shape index (κ3) is 2.82. The second-order valence-electron chi connectivity index (χ2n) is 4.70. The molecule has 0 aliphatic heterocycles. The molecule has 4 heteroatoms. The van der Waals surface area contributed by atoms with Crippen LogP contribution in [0.1, 0.15) is 35.2 Å². The van der Waals surface area contributed by atoms with Gasteiger partial charge in [0.1, 0.15) is 0 Å². The minimum atomic E-state index is -0.0912. The first-order chi connectivity index (χ1) is 8.20. The summed E-state index contributed by atoms with van der Waals surface area (Å²) in [4.78, 5) is 16.0. The van der Waals surface area contributed by atoms with E-state index in [1.54, 1.807) is 12.4 Å². The highest BCUT2D eigenvalue weighted by Gasteiger charge is 2.28. The van der Waals surface area contributed by atoms with Gasteiger partial charge in [-0.05, 0) is 31.4 Å². The molecule has 0 radical (unpaired) electrons. The quantitative estimate of drug-likeness (QED) is 0.828. The molecular weight excluding hydrogens is 216 g/mol. The molecule has 1 amide bonds. The maximum atomic E-state index is 12.0. The van der Waals surface area contributed by atoms with Crippen LogP contribution in [0, 0.1) is 12.8 Å². The third-order valence-corrected chi connectivity index (χ3v) is 3.35. The van der Waals surface area contributed by atoms with Crippen LogP contribution in [0.25, 0.3) is 0 Å². The molecule has 1 aromatic rings. The summed E-state index contributed by atoms with van der Waals surface area (Å²) in [6.45, 7) is 2.06. The number of aryl methyl sites for hydroxylation is 1. The SMILES string of the molecule is Cc1cncc(C(=O)NC2CCCC2CO)c1. The summed E-state index contributed by atoms with van der Waals surface area (Å²) < 4.78 is 0. The molecule has 2 atom stereocenters. The predicted octanol–water partition coefficient (Wildman–Crippen LogP) is 1.28. The van der Waals surface area contributed by atoms with E-state index >= 15 is 0 Å². The average molecular weight is 234 g/mol. The van der Waals surface area contributed by atoms with Crippen LogP contribution >= 0.6 is 0 Å². The van der Waals surface area contributed by atoms with Crippen molar-refractivity contribution in [2.45, 2.75) is 32.2 Å². The molecule has 1 aliphatic rings. The van der Waals surface area contributed by atoms with Crippen molar-refractivity contribution < 1.29 is 9.90 Å². The molecule has 0 saturated heterocycles. The molecule has 4 nitrogen and oxygen atoms in total. The van der Waals surface area contributed by atoms with E-state index in [0.717, 1.165) is 24.8 Å². The van der Waals surface area contributed by atoms with Gasteiger partial charge in [-0.1, -0.05) is 6.42 Å². The Bertz CT molecular complexity index is 406.